The molecule has 0 spiro atoms. The largest absolute Gasteiger partial charge is 0.416 e. The first-order chi connectivity index (χ1) is 16.9. The van der Waals surface area contributed by atoms with Crippen molar-refractivity contribution in [1.82, 2.24) is 14.7 Å². The first-order valence-corrected chi connectivity index (χ1v) is 10.9. The van der Waals surface area contributed by atoms with Crippen molar-refractivity contribution >= 4 is 17.5 Å². The summed E-state index contributed by atoms with van der Waals surface area (Å²) in [6.07, 6.45) is -2.86. The number of carbonyl (C=O) groups is 2. The lowest BCUT2D eigenvalue weighted by atomic mass is 9.86. The fraction of sp³-hybridized carbons (Fsp3) is 0.231. The van der Waals surface area contributed by atoms with Crippen LogP contribution in [-0.2, 0) is 18.0 Å². The molecule has 0 N–H and O–H groups in total. The quantitative estimate of drug-likeness (QED) is 0.484. The number of urea groups is 1. The maximum absolute atomic E-state index is 13.6. The highest BCUT2D eigenvalue weighted by Gasteiger charge is 2.41. The number of ketones is 1. The lowest BCUT2D eigenvalue weighted by Crippen LogP contribution is -2.49. The second-order valence-corrected chi connectivity index (χ2v) is 8.52. The number of allylic oxidation sites excluding steroid dienone is 1. The number of likely N-dealkylation sites (N-methyl/N-ethyl adjacent to an activating group) is 1. The van der Waals surface area contributed by atoms with E-state index >= 15 is 0 Å². The monoisotopic (exact) mass is 493 g/mol. The Bertz CT molecular complexity index is 1450. The van der Waals surface area contributed by atoms with Crippen LogP contribution in [0.2, 0.25) is 0 Å². The number of aromatic nitrogens is 2. The lowest BCUT2D eigenvalue weighted by Gasteiger charge is -2.41. The fourth-order valence-electron chi connectivity index (χ4n) is 4.51. The molecule has 1 aliphatic heterocycles. The molecule has 0 aliphatic carbocycles. The number of anilines is 1. The van der Waals surface area contributed by atoms with E-state index < -0.39 is 23.8 Å². The van der Waals surface area contributed by atoms with Crippen molar-refractivity contribution < 1.29 is 22.8 Å². The van der Waals surface area contributed by atoms with Crippen molar-refractivity contribution in [3.63, 3.8) is 0 Å². The SMILES string of the molecule is CC(=O)C1=C(C)N(c2cccc(C(F)(F)F)c2)C(=O)N(C)C1c1ccc(C#N)cc1-c1ccn(C)n1. The molecular formula is C26H22F3N5O2. The number of alkyl halides is 3. The van der Waals surface area contributed by atoms with Crippen LogP contribution in [0.5, 0.6) is 0 Å². The van der Waals surface area contributed by atoms with E-state index in [9.17, 15) is 28.0 Å². The number of hydrogen-bond acceptors (Lipinski definition) is 4. The van der Waals surface area contributed by atoms with Gasteiger partial charge in [0.25, 0.3) is 0 Å². The minimum absolute atomic E-state index is 0.00107. The Morgan fingerprint density at radius 1 is 1.11 bits per heavy atom. The van der Waals surface area contributed by atoms with E-state index in [0.29, 0.717) is 22.4 Å². The molecule has 3 aromatic rings. The molecule has 2 aromatic carbocycles. The van der Waals surface area contributed by atoms with Gasteiger partial charge in [-0.15, -0.1) is 0 Å². The molecule has 0 saturated carbocycles. The summed E-state index contributed by atoms with van der Waals surface area (Å²) in [5, 5.41) is 13.9. The van der Waals surface area contributed by atoms with Crippen molar-refractivity contribution in [2.45, 2.75) is 26.1 Å². The van der Waals surface area contributed by atoms with Crippen molar-refractivity contribution in [2.75, 3.05) is 11.9 Å². The number of halogens is 3. The van der Waals surface area contributed by atoms with Gasteiger partial charge in [0, 0.05) is 37.1 Å². The van der Waals surface area contributed by atoms with Crippen LogP contribution in [-0.4, -0.2) is 33.5 Å². The molecule has 7 nitrogen and oxygen atoms in total. The average molecular weight is 493 g/mol. The minimum atomic E-state index is -4.59. The van der Waals surface area contributed by atoms with Gasteiger partial charge in [0.2, 0.25) is 0 Å². The van der Waals surface area contributed by atoms with E-state index in [1.165, 1.54) is 31.0 Å². The highest BCUT2D eigenvalue weighted by Crippen LogP contribution is 2.43. The molecule has 10 heteroatoms. The number of benzene rings is 2. The van der Waals surface area contributed by atoms with Gasteiger partial charge < -0.3 is 4.90 Å². The number of nitrogens with zero attached hydrogens (tertiary/aromatic N) is 5. The van der Waals surface area contributed by atoms with Gasteiger partial charge in [0.15, 0.2) is 5.78 Å². The third kappa shape index (κ3) is 4.24. The molecule has 36 heavy (non-hydrogen) atoms. The Balaban J connectivity index is 1.94. The first kappa shape index (κ1) is 24.7. The van der Waals surface area contributed by atoms with Crippen molar-refractivity contribution in [2.24, 2.45) is 7.05 Å². The Morgan fingerprint density at radius 3 is 2.42 bits per heavy atom. The molecule has 184 valence electrons. The van der Waals surface area contributed by atoms with Gasteiger partial charge in [-0.1, -0.05) is 12.1 Å². The van der Waals surface area contributed by atoms with Crippen molar-refractivity contribution in [3.8, 4) is 17.3 Å². The van der Waals surface area contributed by atoms with Gasteiger partial charge in [-0.05, 0) is 55.8 Å². The van der Waals surface area contributed by atoms with Gasteiger partial charge in [-0.2, -0.15) is 23.5 Å². The summed E-state index contributed by atoms with van der Waals surface area (Å²) in [6, 6.07) is 11.7. The zero-order chi connectivity index (χ0) is 26.4. The standard InChI is InChI=1S/C26H22F3N5O2/c1-15-23(16(2)35)24(20-9-8-17(14-30)12-21(20)22-10-11-32(3)31-22)33(4)25(36)34(15)19-7-5-6-18(13-19)26(27,28)29/h5-13,24H,1-4H3. The Morgan fingerprint density at radius 2 is 1.83 bits per heavy atom. The van der Waals surface area contributed by atoms with Crippen LogP contribution in [0.15, 0.2) is 66.0 Å². The highest BCUT2D eigenvalue weighted by molar-refractivity contribution is 6.05. The van der Waals surface area contributed by atoms with Crippen LogP contribution >= 0.6 is 0 Å². The van der Waals surface area contributed by atoms with E-state index in [-0.39, 0.29) is 22.7 Å². The Labute approximate surface area is 205 Å². The normalized spacial score (nSPS) is 16.4. The van der Waals surface area contributed by atoms with Crippen molar-refractivity contribution in [1.29, 1.82) is 5.26 Å². The summed E-state index contributed by atoms with van der Waals surface area (Å²) in [5.41, 5.74) is 1.63. The molecule has 1 aliphatic rings. The number of amides is 2. The molecule has 0 bridgehead atoms. The summed E-state index contributed by atoms with van der Waals surface area (Å²) < 4.78 is 41.7. The zero-order valence-electron chi connectivity index (χ0n) is 20.0. The summed E-state index contributed by atoms with van der Waals surface area (Å²) in [5.74, 6) is -0.342. The molecule has 1 unspecified atom stereocenters. The fourth-order valence-corrected chi connectivity index (χ4v) is 4.51. The van der Waals surface area contributed by atoms with Crippen LogP contribution in [0, 0.1) is 11.3 Å². The molecule has 2 heterocycles. The molecule has 1 aromatic heterocycles. The Hall–Kier alpha value is -4.39. The van der Waals surface area contributed by atoms with Gasteiger partial charge >= 0.3 is 12.2 Å². The predicted octanol–water partition coefficient (Wildman–Crippen LogP) is 5.45. The van der Waals surface area contributed by atoms with E-state index in [2.05, 4.69) is 11.2 Å². The van der Waals surface area contributed by atoms with Gasteiger partial charge in [0.05, 0.1) is 34.6 Å². The van der Waals surface area contributed by atoms with E-state index in [1.54, 1.807) is 49.1 Å². The van der Waals surface area contributed by atoms with Crippen LogP contribution < -0.4 is 4.90 Å². The third-order valence-electron chi connectivity index (χ3n) is 6.16. The number of Topliss-reactive ketones (excluding diaryl/α,β-unsaturated/α-hetero) is 1. The Kier molecular flexibility index (Phi) is 6.18. The molecule has 0 saturated heterocycles. The molecular weight excluding hydrogens is 471 g/mol. The van der Waals surface area contributed by atoms with Crippen LogP contribution in [0.25, 0.3) is 11.3 Å². The third-order valence-corrected chi connectivity index (χ3v) is 6.16. The topological polar surface area (TPSA) is 82.2 Å². The molecule has 0 fully saturated rings. The van der Waals surface area contributed by atoms with Gasteiger partial charge in [0.1, 0.15) is 0 Å². The first-order valence-electron chi connectivity index (χ1n) is 10.9. The predicted molar refractivity (Wildman–Crippen MR) is 127 cm³/mol. The number of carbonyl (C=O) groups excluding carboxylic acids is 2. The second kappa shape index (κ2) is 9.00. The molecule has 2 amide bonds. The van der Waals surface area contributed by atoms with Crippen LogP contribution in [0.3, 0.4) is 0 Å². The highest BCUT2D eigenvalue weighted by atomic mass is 19.4. The number of hydrogen-bond donors (Lipinski definition) is 0. The maximum Gasteiger partial charge on any atom is 0.416 e. The van der Waals surface area contributed by atoms with Crippen molar-refractivity contribution in [3.05, 3.63) is 82.7 Å². The molecule has 0 radical (unpaired) electrons. The molecule has 1 atom stereocenters. The summed E-state index contributed by atoms with van der Waals surface area (Å²) in [4.78, 5) is 29.0. The van der Waals surface area contributed by atoms with Crippen LogP contribution in [0.4, 0.5) is 23.7 Å². The second-order valence-electron chi connectivity index (χ2n) is 8.52. The summed E-state index contributed by atoms with van der Waals surface area (Å²) in [6.45, 7) is 2.89. The molecule has 4 rings (SSSR count). The summed E-state index contributed by atoms with van der Waals surface area (Å²) in [7, 11) is 3.23. The summed E-state index contributed by atoms with van der Waals surface area (Å²) >= 11 is 0. The minimum Gasteiger partial charge on any atom is -0.316 e. The van der Waals surface area contributed by atoms with E-state index in [4.69, 9.17) is 0 Å². The average Bonchev–Trinajstić information content (AvgIpc) is 3.26. The number of nitriles is 1. The van der Waals surface area contributed by atoms with Gasteiger partial charge in [-0.3, -0.25) is 14.4 Å². The lowest BCUT2D eigenvalue weighted by molar-refractivity contribution is -0.137. The van der Waals surface area contributed by atoms with E-state index in [0.717, 1.165) is 17.0 Å². The van der Waals surface area contributed by atoms with E-state index in [1.807, 2.05) is 0 Å². The smallest absolute Gasteiger partial charge is 0.316 e. The number of aryl methyl sites for hydroxylation is 1. The van der Waals surface area contributed by atoms with Crippen LogP contribution in [0.1, 0.15) is 36.6 Å². The maximum atomic E-state index is 13.6. The zero-order valence-corrected chi connectivity index (χ0v) is 20.0. The number of rotatable bonds is 4. The van der Waals surface area contributed by atoms with Gasteiger partial charge in [-0.25, -0.2) is 4.79 Å².